The molecule has 0 aliphatic carbocycles. The van der Waals surface area contributed by atoms with Crippen LogP contribution in [-0.2, 0) is 4.74 Å². The van der Waals surface area contributed by atoms with Crippen molar-refractivity contribution in [1.82, 2.24) is 0 Å². The van der Waals surface area contributed by atoms with Crippen molar-refractivity contribution in [2.75, 3.05) is 23.7 Å². The minimum atomic E-state index is -0.597. The highest BCUT2D eigenvalue weighted by Crippen LogP contribution is 2.39. The van der Waals surface area contributed by atoms with Crippen molar-refractivity contribution in [3.8, 4) is 0 Å². The summed E-state index contributed by atoms with van der Waals surface area (Å²) >= 11 is 1.25. The van der Waals surface area contributed by atoms with Crippen molar-refractivity contribution < 1.29 is 14.3 Å². The molecule has 0 aromatic carbocycles. The largest absolute Gasteiger partial charge is 0.397 e. The van der Waals surface area contributed by atoms with Crippen LogP contribution in [0.15, 0.2) is 0 Å². The Balaban J connectivity index is 2.47. The van der Waals surface area contributed by atoms with E-state index in [0.717, 1.165) is 0 Å². The van der Waals surface area contributed by atoms with Crippen LogP contribution in [0.4, 0.5) is 10.7 Å². The smallest absolute Gasteiger partial charge is 0.253 e. The van der Waals surface area contributed by atoms with Crippen molar-refractivity contribution in [3.05, 3.63) is 10.4 Å². The van der Waals surface area contributed by atoms with Crippen LogP contribution in [0.5, 0.6) is 0 Å². The molecule has 4 N–H and O–H groups in total. The lowest BCUT2D eigenvalue weighted by atomic mass is 10.1. The number of amides is 1. The number of rotatable bonds is 4. The number of ether oxygens (including phenoxy) is 1. The Bertz CT molecular complexity index is 560. The van der Waals surface area contributed by atoms with Gasteiger partial charge in [0.05, 0.1) is 28.3 Å². The molecule has 1 fully saturated rings. The molecule has 116 valence electrons. The van der Waals surface area contributed by atoms with Crippen LogP contribution in [0.2, 0.25) is 0 Å². The number of morpholine rings is 1. The lowest BCUT2D eigenvalue weighted by Crippen LogP contribution is -2.45. The second-order valence-corrected chi connectivity index (χ2v) is 6.33. The Morgan fingerprint density at radius 3 is 2.38 bits per heavy atom. The average Bonchev–Trinajstić information content (AvgIpc) is 2.74. The van der Waals surface area contributed by atoms with Crippen LogP contribution in [0.3, 0.4) is 0 Å². The minimum absolute atomic E-state index is 0.0446. The molecule has 0 spiro atoms. The SMILES string of the molecule is CCC(=O)c1sc(N2CC(C)OC(C)C2)c(C(N)=O)c1N. The molecule has 1 aromatic rings. The number of nitrogens with zero attached hydrogens (tertiary/aromatic N) is 1. The molecule has 2 rings (SSSR count). The fraction of sp³-hybridized carbons (Fsp3) is 0.571. The number of hydrogen-bond acceptors (Lipinski definition) is 6. The van der Waals surface area contributed by atoms with Gasteiger partial charge in [0.1, 0.15) is 5.00 Å². The number of thiophene rings is 1. The lowest BCUT2D eigenvalue weighted by molar-refractivity contribution is -0.00505. The molecular weight excluding hydrogens is 290 g/mol. The van der Waals surface area contributed by atoms with Gasteiger partial charge < -0.3 is 21.1 Å². The predicted molar refractivity (Wildman–Crippen MR) is 84.1 cm³/mol. The Morgan fingerprint density at radius 1 is 1.33 bits per heavy atom. The summed E-state index contributed by atoms with van der Waals surface area (Å²) in [7, 11) is 0. The summed E-state index contributed by atoms with van der Waals surface area (Å²) in [6.45, 7) is 7.00. The highest BCUT2D eigenvalue weighted by atomic mass is 32.1. The second-order valence-electron chi connectivity index (χ2n) is 5.33. The summed E-state index contributed by atoms with van der Waals surface area (Å²) < 4.78 is 5.69. The number of nitrogens with two attached hydrogens (primary N) is 2. The third-order valence-electron chi connectivity index (χ3n) is 3.45. The van der Waals surface area contributed by atoms with Crippen LogP contribution in [0.1, 0.15) is 47.2 Å². The van der Waals surface area contributed by atoms with Crippen LogP contribution < -0.4 is 16.4 Å². The molecule has 1 aliphatic heterocycles. The Labute approximate surface area is 128 Å². The summed E-state index contributed by atoms with van der Waals surface area (Å²) in [6.07, 6.45) is 0.435. The van der Waals surface area contributed by atoms with Gasteiger partial charge in [-0.15, -0.1) is 11.3 Å². The van der Waals surface area contributed by atoms with E-state index in [1.807, 2.05) is 18.7 Å². The first-order valence-corrected chi connectivity index (χ1v) is 7.82. The molecule has 2 atom stereocenters. The van der Waals surface area contributed by atoms with Gasteiger partial charge in [0.25, 0.3) is 5.91 Å². The van der Waals surface area contributed by atoms with Gasteiger partial charge >= 0.3 is 0 Å². The van der Waals surface area contributed by atoms with E-state index in [1.54, 1.807) is 6.92 Å². The number of anilines is 2. The van der Waals surface area contributed by atoms with Gasteiger partial charge in [-0.1, -0.05) is 6.92 Å². The molecule has 1 aromatic heterocycles. The number of hydrogen-bond donors (Lipinski definition) is 2. The van der Waals surface area contributed by atoms with Gasteiger partial charge in [0.2, 0.25) is 0 Å². The Kier molecular flexibility index (Phi) is 4.53. The van der Waals surface area contributed by atoms with Crippen molar-refractivity contribution in [3.63, 3.8) is 0 Å². The predicted octanol–water partition coefficient (Wildman–Crippen LogP) is 1.64. The number of nitrogen functional groups attached to an aromatic ring is 1. The third kappa shape index (κ3) is 3.03. The van der Waals surface area contributed by atoms with Gasteiger partial charge in [-0.3, -0.25) is 9.59 Å². The first-order chi connectivity index (χ1) is 9.85. The molecule has 0 bridgehead atoms. The second kappa shape index (κ2) is 6.03. The van der Waals surface area contributed by atoms with E-state index in [1.165, 1.54) is 11.3 Å². The van der Waals surface area contributed by atoms with Gasteiger partial charge in [-0.05, 0) is 13.8 Å². The Hall–Kier alpha value is -1.60. The van der Waals surface area contributed by atoms with Crippen LogP contribution in [0, 0.1) is 0 Å². The molecule has 0 saturated carbocycles. The number of ketones is 1. The van der Waals surface area contributed by atoms with Crippen molar-refractivity contribution in [2.45, 2.75) is 39.4 Å². The van der Waals surface area contributed by atoms with E-state index >= 15 is 0 Å². The zero-order valence-corrected chi connectivity index (χ0v) is 13.3. The third-order valence-corrected chi connectivity index (χ3v) is 4.76. The van der Waals surface area contributed by atoms with Crippen LogP contribution in [0.25, 0.3) is 0 Å². The average molecular weight is 311 g/mol. The van der Waals surface area contributed by atoms with Crippen molar-refractivity contribution in [1.29, 1.82) is 0 Å². The van der Waals surface area contributed by atoms with Crippen molar-refractivity contribution in [2.24, 2.45) is 5.73 Å². The molecule has 1 saturated heterocycles. The minimum Gasteiger partial charge on any atom is -0.397 e. The highest BCUT2D eigenvalue weighted by Gasteiger charge is 2.30. The molecule has 2 unspecified atom stereocenters. The van der Waals surface area contributed by atoms with Gasteiger partial charge in [-0.2, -0.15) is 0 Å². The van der Waals surface area contributed by atoms with E-state index in [0.29, 0.717) is 29.4 Å². The first kappa shape index (κ1) is 15.8. The monoisotopic (exact) mass is 311 g/mol. The number of carbonyl (C=O) groups is 2. The lowest BCUT2D eigenvalue weighted by Gasteiger charge is -2.36. The normalized spacial score (nSPS) is 22.3. The zero-order valence-electron chi connectivity index (χ0n) is 12.5. The molecule has 21 heavy (non-hydrogen) atoms. The van der Waals surface area contributed by atoms with Gasteiger partial charge in [-0.25, -0.2) is 0 Å². The van der Waals surface area contributed by atoms with Crippen molar-refractivity contribution >= 4 is 33.7 Å². The molecule has 2 heterocycles. The van der Waals surface area contributed by atoms with E-state index in [2.05, 4.69) is 0 Å². The molecule has 1 aliphatic rings. The summed E-state index contributed by atoms with van der Waals surface area (Å²) in [5.74, 6) is -0.665. The first-order valence-electron chi connectivity index (χ1n) is 7.00. The van der Waals surface area contributed by atoms with E-state index in [9.17, 15) is 9.59 Å². The molecule has 0 radical (unpaired) electrons. The van der Waals surface area contributed by atoms with E-state index < -0.39 is 5.91 Å². The standard InChI is InChI=1S/C14H21N3O3S/c1-4-9(18)12-11(15)10(13(16)19)14(21-12)17-5-7(2)20-8(3)6-17/h7-8H,4-6,15H2,1-3H3,(H2,16,19). The summed E-state index contributed by atoms with van der Waals surface area (Å²) in [6, 6.07) is 0. The van der Waals surface area contributed by atoms with Gasteiger partial charge in [0.15, 0.2) is 5.78 Å². The number of Topliss-reactive ketones (excluding diaryl/α,β-unsaturated/α-hetero) is 1. The quantitative estimate of drug-likeness (QED) is 0.824. The maximum atomic E-state index is 12.0. The molecule has 7 heteroatoms. The zero-order chi connectivity index (χ0) is 15.7. The highest BCUT2D eigenvalue weighted by molar-refractivity contribution is 7.19. The Morgan fingerprint density at radius 2 is 1.90 bits per heavy atom. The van der Waals surface area contributed by atoms with Crippen LogP contribution >= 0.6 is 11.3 Å². The van der Waals surface area contributed by atoms with Crippen LogP contribution in [-0.4, -0.2) is 37.0 Å². The van der Waals surface area contributed by atoms with E-state index in [4.69, 9.17) is 16.2 Å². The number of primary amides is 1. The summed E-state index contributed by atoms with van der Waals surface area (Å²) in [5.41, 5.74) is 11.9. The molecule has 1 amide bonds. The molecular formula is C14H21N3O3S. The summed E-state index contributed by atoms with van der Waals surface area (Å²) in [4.78, 5) is 26.2. The fourth-order valence-corrected chi connectivity index (χ4v) is 3.86. The van der Waals surface area contributed by atoms with E-state index in [-0.39, 0.29) is 29.2 Å². The summed E-state index contributed by atoms with van der Waals surface area (Å²) in [5, 5.41) is 0.679. The van der Waals surface area contributed by atoms with Gasteiger partial charge in [0, 0.05) is 19.5 Å². The topological polar surface area (TPSA) is 98.6 Å². The fourth-order valence-electron chi connectivity index (χ4n) is 2.60. The number of carbonyl (C=O) groups excluding carboxylic acids is 2. The molecule has 6 nitrogen and oxygen atoms in total. The maximum Gasteiger partial charge on any atom is 0.253 e. The maximum absolute atomic E-state index is 12.0.